The highest BCUT2D eigenvalue weighted by atomic mass is 32.2. The predicted octanol–water partition coefficient (Wildman–Crippen LogP) is 7.32. The van der Waals surface area contributed by atoms with Gasteiger partial charge in [0.1, 0.15) is 17.2 Å². The van der Waals surface area contributed by atoms with Gasteiger partial charge in [-0.2, -0.15) is 21.6 Å². The van der Waals surface area contributed by atoms with Crippen molar-refractivity contribution in [2.24, 2.45) is 0 Å². The molecule has 3 aromatic carbocycles. The molecule has 9 nitrogen and oxygen atoms in total. The average Bonchev–Trinajstić information content (AvgIpc) is 2.97. The smallest absolute Gasteiger partial charge is 0.466 e. The lowest BCUT2D eigenvalue weighted by molar-refractivity contribution is -0.144. The van der Waals surface area contributed by atoms with Crippen molar-refractivity contribution in [3.63, 3.8) is 0 Å². The molecule has 0 aromatic heterocycles. The van der Waals surface area contributed by atoms with Crippen LogP contribution < -0.4 is 9.50 Å². The fourth-order valence-electron chi connectivity index (χ4n) is 4.48. The number of carbonyl (C=O) groups excluding carboxylic acids is 2. The topological polar surface area (TPSA) is 117 Å². The minimum Gasteiger partial charge on any atom is -0.466 e. The van der Waals surface area contributed by atoms with Crippen molar-refractivity contribution >= 4 is 22.2 Å². The van der Waals surface area contributed by atoms with E-state index in [2.05, 4.69) is 9.50 Å². The Bertz CT molecular complexity index is 1640. The largest absolute Gasteiger partial charge is 0.534 e. The van der Waals surface area contributed by atoms with Crippen molar-refractivity contribution in [3.8, 4) is 28.0 Å². The van der Waals surface area contributed by atoms with E-state index >= 15 is 0 Å². The Morgan fingerprint density at radius 2 is 1.57 bits per heavy atom. The number of alkyl halides is 3. The molecule has 0 radical (unpaired) electrons. The molecule has 0 heterocycles. The van der Waals surface area contributed by atoms with Gasteiger partial charge in [0.15, 0.2) is 0 Å². The lowest BCUT2D eigenvalue weighted by Crippen LogP contribution is -2.32. The van der Waals surface area contributed by atoms with E-state index < -0.39 is 45.4 Å². The molecule has 0 spiro atoms. The van der Waals surface area contributed by atoms with Gasteiger partial charge < -0.3 is 23.7 Å². The van der Waals surface area contributed by atoms with Crippen molar-refractivity contribution in [3.05, 3.63) is 77.6 Å². The highest BCUT2D eigenvalue weighted by Gasteiger charge is 2.48. The zero-order valence-corrected chi connectivity index (χ0v) is 27.2. The molecule has 0 bridgehead atoms. The first kappa shape index (κ1) is 37.3. The fourth-order valence-corrected chi connectivity index (χ4v) is 4.97. The lowest BCUT2D eigenvalue weighted by atomic mass is 9.88. The number of hydrogen-bond acceptors (Lipinski definition) is 8. The first-order chi connectivity index (χ1) is 22.0. The summed E-state index contributed by atoms with van der Waals surface area (Å²) in [6, 6.07) is 15.0. The molecule has 1 amide bonds. The summed E-state index contributed by atoms with van der Waals surface area (Å²) >= 11 is 0. The summed E-state index contributed by atoms with van der Waals surface area (Å²) in [6.45, 7) is 6.97. The van der Waals surface area contributed by atoms with Crippen molar-refractivity contribution in [1.82, 2.24) is 5.32 Å². The van der Waals surface area contributed by atoms with Crippen LogP contribution in [0.1, 0.15) is 51.7 Å². The van der Waals surface area contributed by atoms with Gasteiger partial charge in [0.05, 0.1) is 19.6 Å². The van der Waals surface area contributed by atoms with Crippen LogP contribution in [-0.4, -0.2) is 51.4 Å². The van der Waals surface area contributed by atoms with Gasteiger partial charge in [-0.25, -0.2) is 9.18 Å². The molecule has 3 rings (SSSR count). The molecular formula is C33H37F4NO8S. The Balaban J connectivity index is 2.00. The molecule has 0 unspecified atom stereocenters. The highest BCUT2D eigenvalue weighted by Crippen LogP contribution is 2.38. The third-order valence-electron chi connectivity index (χ3n) is 6.45. The zero-order chi connectivity index (χ0) is 34.8. The molecule has 1 N–H and O–H groups in total. The number of benzene rings is 3. The van der Waals surface area contributed by atoms with E-state index in [0.29, 0.717) is 41.7 Å². The van der Waals surface area contributed by atoms with E-state index in [4.69, 9.17) is 14.2 Å². The second kappa shape index (κ2) is 16.1. The number of amides is 1. The van der Waals surface area contributed by atoms with Crippen molar-refractivity contribution in [2.75, 3.05) is 19.8 Å². The molecule has 0 saturated carbocycles. The normalized spacial score (nSPS) is 12.0. The number of esters is 1. The number of alkyl carbamates (subject to hydrolysis) is 1. The molecule has 47 heavy (non-hydrogen) atoms. The van der Waals surface area contributed by atoms with Gasteiger partial charge in [0.2, 0.25) is 0 Å². The van der Waals surface area contributed by atoms with Crippen LogP contribution in [0.3, 0.4) is 0 Å². The van der Waals surface area contributed by atoms with Crippen LogP contribution in [0, 0.1) is 5.82 Å². The molecule has 3 aromatic rings. The fraction of sp³-hybridized carbons (Fsp3) is 0.394. The van der Waals surface area contributed by atoms with Crippen LogP contribution >= 0.6 is 0 Å². The summed E-state index contributed by atoms with van der Waals surface area (Å²) in [5, 5.41) is 2.42. The van der Waals surface area contributed by atoms with E-state index in [0.717, 1.165) is 11.6 Å². The van der Waals surface area contributed by atoms with Gasteiger partial charge in [-0.1, -0.05) is 36.4 Å². The Kier molecular flexibility index (Phi) is 12.8. The number of halogens is 4. The minimum atomic E-state index is -6.02. The average molecular weight is 684 g/mol. The second-order valence-electron chi connectivity index (χ2n) is 11.3. The highest BCUT2D eigenvalue weighted by molar-refractivity contribution is 7.88. The van der Waals surface area contributed by atoms with Crippen LogP contribution in [0.5, 0.6) is 5.75 Å². The third-order valence-corrected chi connectivity index (χ3v) is 7.42. The summed E-state index contributed by atoms with van der Waals surface area (Å²) in [5.74, 6) is -1.45. The Morgan fingerprint density at radius 1 is 0.894 bits per heavy atom. The maximum Gasteiger partial charge on any atom is 0.534 e. The number of nitrogens with one attached hydrogen (secondary N) is 1. The van der Waals surface area contributed by atoms with E-state index in [1.165, 1.54) is 24.3 Å². The molecule has 0 fully saturated rings. The maximum absolute atomic E-state index is 13.9. The summed E-state index contributed by atoms with van der Waals surface area (Å²) < 4.78 is 97.3. The van der Waals surface area contributed by atoms with E-state index in [1.807, 2.05) is 6.07 Å². The van der Waals surface area contributed by atoms with Crippen LogP contribution in [0.25, 0.3) is 22.3 Å². The first-order valence-electron chi connectivity index (χ1n) is 14.7. The molecule has 0 atom stereocenters. The first-order valence-corrected chi connectivity index (χ1v) is 16.1. The van der Waals surface area contributed by atoms with E-state index in [9.17, 15) is 35.6 Å². The second-order valence-corrected chi connectivity index (χ2v) is 12.8. The lowest BCUT2D eigenvalue weighted by Gasteiger charge is -2.21. The van der Waals surface area contributed by atoms with Gasteiger partial charge in [0, 0.05) is 18.7 Å². The number of aryl methyl sites for hydroxylation is 1. The van der Waals surface area contributed by atoms with Gasteiger partial charge >= 0.3 is 27.7 Å². The monoisotopic (exact) mass is 683 g/mol. The standard InChI is InChI=1S/C33H37F4NO8S/c1-5-44-29(39)17-19-43-18-7-9-22-8-6-10-27(30(22)23-11-14-26(34)15-12-23)24-13-16-28(46-47(41,42)33(35,36)37)25(20-24)21-38-31(40)45-32(2,3)4/h6,8,10-16,20H,5,7,9,17-19,21H2,1-4H3,(H,38,40). The number of rotatable bonds is 14. The van der Waals surface area contributed by atoms with Crippen LogP contribution in [0.2, 0.25) is 0 Å². The summed E-state index contributed by atoms with van der Waals surface area (Å²) in [5.41, 5.74) is -3.40. The predicted molar refractivity (Wildman–Crippen MR) is 166 cm³/mol. The quantitative estimate of drug-likeness (QED) is 0.0618. The number of ether oxygens (including phenoxy) is 3. The summed E-state index contributed by atoms with van der Waals surface area (Å²) in [7, 11) is -6.02. The van der Waals surface area contributed by atoms with Gasteiger partial charge in [0.25, 0.3) is 0 Å². The molecule has 0 aliphatic heterocycles. The maximum atomic E-state index is 13.9. The zero-order valence-electron chi connectivity index (χ0n) is 26.4. The van der Waals surface area contributed by atoms with Crippen molar-refractivity contribution < 1.29 is 54.0 Å². The third kappa shape index (κ3) is 11.2. The van der Waals surface area contributed by atoms with Crippen LogP contribution in [-0.2, 0) is 42.1 Å². The molecule has 0 aliphatic rings. The SMILES string of the molecule is CCOC(=O)CCOCCCc1cccc(-c2ccc(OS(=O)(=O)C(F)(F)F)c(CNC(=O)OC(C)(C)C)c2)c1-c1ccc(F)cc1. The van der Waals surface area contributed by atoms with Crippen LogP contribution in [0.15, 0.2) is 60.7 Å². The van der Waals surface area contributed by atoms with Crippen molar-refractivity contribution in [1.29, 1.82) is 0 Å². The number of carbonyl (C=O) groups is 2. The molecule has 14 heteroatoms. The molecule has 0 aliphatic carbocycles. The summed E-state index contributed by atoms with van der Waals surface area (Å²) in [6.07, 6.45) is 0.316. The van der Waals surface area contributed by atoms with E-state index in [-0.39, 0.29) is 31.2 Å². The minimum absolute atomic E-state index is 0.0772. The summed E-state index contributed by atoms with van der Waals surface area (Å²) in [4.78, 5) is 23.9. The van der Waals surface area contributed by atoms with E-state index in [1.54, 1.807) is 52.0 Å². The molecule has 0 saturated heterocycles. The van der Waals surface area contributed by atoms with Gasteiger partial charge in [-0.3, -0.25) is 4.79 Å². The van der Waals surface area contributed by atoms with Gasteiger partial charge in [-0.05, 0) is 92.6 Å². The molecular weight excluding hydrogens is 646 g/mol. The van der Waals surface area contributed by atoms with Crippen molar-refractivity contribution in [2.45, 2.75) is 64.6 Å². The van der Waals surface area contributed by atoms with Crippen LogP contribution in [0.4, 0.5) is 22.4 Å². The Labute approximate surface area is 271 Å². The Hall–Kier alpha value is -4.17. The number of hydrogen-bond donors (Lipinski definition) is 1. The van der Waals surface area contributed by atoms with Gasteiger partial charge in [-0.15, -0.1) is 0 Å². The molecule has 256 valence electrons. The Morgan fingerprint density at radius 3 is 2.21 bits per heavy atom.